The van der Waals surface area contributed by atoms with E-state index in [4.69, 9.17) is 16.6 Å². The third-order valence-corrected chi connectivity index (χ3v) is 7.83. The van der Waals surface area contributed by atoms with Gasteiger partial charge >= 0.3 is 29.6 Å². The average molecular weight is 578 g/mol. The number of anilines is 2. The molecule has 20 heteroatoms. The predicted octanol–water partition coefficient (Wildman–Crippen LogP) is -2.90. The Morgan fingerprint density at radius 1 is 0.778 bits per heavy atom. The Morgan fingerprint density at radius 2 is 1.14 bits per heavy atom. The summed E-state index contributed by atoms with van der Waals surface area (Å²) < 4.78 is 74.4. The quantitative estimate of drug-likeness (QED) is 0.108. The van der Waals surface area contributed by atoms with E-state index in [9.17, 15) is 50.0 Å². The molecule has 0 aromatic heterocycles. The summed E-state index contributed by atoms with van der Waals surface area (Å²) in [4.78, 5) is 17.8. The molecule has 1 saturated heterocycles. The van der Waals surface area contributed by atoms with Crippen LogP contribution in [0.25, 0.3) is 0 Å². The summed E-state index contributed by atoms with van der Waals surface area (Å²) in [7, 11) is -11.3. The Bertz CT molecular complexity index is 1340. The maximum absolute atomic E-state index is 10.9. The van der Waals surface area contributed by atoms with E-state index in [0.717, 1.165) is 43.2 Å². The maximum Gasteiger partial charge on any atom is 1.00 e. The number of non-ortho nitro benzene ring substituents is 2. The topological polar surface area (TPSA) is 290 Å². The molecule has 6 N–H and O–H groups in total. The number of nitro benzene ring substituents is 2. The number of nitrogen functional groups attached to an aromatic ring is 2. The maximum atomic E-state index is 10.9. The van der Waals surface area contributed by atoms with Crippen LogP contribution in [0.2, 0.25) is 0 Å². The zero-order chi connectivity index (χ0) is 27.2. The molecule has 2 aromatic carbocycles. The molecule has 0 spiro atoms. The number of nitrogens with zero attached hydrogens (tertiary/aromatic N) is 2. The van der Waals surface area contributed by atoms with Crippen molar-refractivity contribution in [3.63, 3.8) is 0 Å². The summed E-state index contributed by atoms with van der Waals surface area (Å²) in [6.07, 6.45) is 1.75. The summed E-state index contributed by atoms with van der Waals surface area (Å²) in [6.45, 7) is 0. The van der Waals surface area contributed by atoms with Gasteiger partial charge in [0.25, 0.3) is 11.4 Å². The summed E-state index contributed by atoms with van der Waals surface area (Å²) in [5, 5.41) is 25.4. The molecule has 1 fully saturated rings. The van der Waals surface area contributed by atoms with Crippen molar-refractivity contribution in [3.8, 4) is 0 Å². The molecular weight excluding hydrogens is 557 g/mol. The molecule has 0 radical (unpaired) electrons. The monoisotopic (exact) mass is 577 g/mol. The minimum atomic E-state index is -4.77. The predicted molar refractivity (Wildman–Crippen MR) is 122 cm³/mol. The number of hydrogen-bond acceptors (Lipinski definition) is 13. The van der Waals surface area contributed by atoms with Crippen LogP contribution in [0.5, 0.6) is 0 Å². The Balaban J connectivity index is 0.000000530. The molecule has 194 valence electrons. The Hall–Kier alpha value is -2.39. The summed E-state index contributed by atoms with van der Waals surface area (Å²) in [5.41, 5.74) is 9.19. The Kier molecular flexibility index (Phi) is 12.4. The van der Waals surface area contributed by atoms with Crippen LogP contribution in [-0.4, -0.2) is 51.2 Å². The third-order valence-electron chi connectivity index (χ3n) is 4.15. The van der Waals surface area contributed by atoms with Gasteiger partial charge in [-0.3, -0.25) is 20.2 Å². The van der Waals surface area contributed by atoms with Gasteiger partial charge in [-0.05, 0) is 25.0 Å². The van der Waals surface area contributed by atoms with Gasteiger partial charge in [0.2, 0.25) is 10.0 Å². The molecule has 0 amide bonds. The van der Waals surface area contributed by atoms with Gasteiger partial charge in [0.1, 0.15) is 24.9 Å². The fourth-order valence-electron chi connectivity index (χ4n) is 2.48. The van der Waals surface area contributed by atoms with Crippen LogP contribution >= 0.6 is 0 Å². The average Bonchev–Trinajstić information content (AvgIpc) is 3.11. The van der Waals surface area contributed by atoms with Crippen LogP contribution in [0.1, 0.15) is 12.8 Å². The number of hydrogen-bond donors (Lipinski definition) is 3. The minimum Gasteiger partial charge on any atom is -0.744 e. The van der Waals surface area contributed by atoms with Crippen LogP contribution < -0.4 is 46.2 Å². The molecule has 0 unspecified atom stereocenters. The first-order chi connectivity index (χ1) is 15.8. The number of nitrogens with two attached hydrogens (primary N) is 3. The minimum absolute atomic E-state index is 0. The van der Waals surface area contributed by atoms with Crippen LogP contribution in [0.3, 0.4) is 0 Å². The number of nitro groups is 2. The molecule has 3 rings (SSSR count). The second-order valence-electron chi connectivity index (χ2n) is 6.82. The molecule has 1 aliphatic rings. The van der Waals surface area contributed by atoms with Gasteiger partial charge in [-0.15, -0.1) is 0 Å². The standard InChI is InChI=1S/C6H7N3O4S.C6H6N2O5S.C4H8O2S.Na/c7-5-2-1-4(9(10)11)3-6(5)14(8,12)13;7-5-2-1-4(8(9)10)3-6(5)14(11,12)13;5-7(6)3-1-2-4-7;/h1-3H,7H2,(H2,8,12,13);1-3H,7H2,(H,11,12,13);1-4H2;/q;;;+1/p-1. The zero-order valence-electron chi connectivity index (χ0n) is 18.6. The third kappa shape index (κ3) is 10.7. The number of rotatable bonds is 4. The van der Waals surface area contributed by atoms with E-state index in [1.807, 2.05) is 0 Å². The normalized spacial score (nSPS) is 14.2. The van der Waals surface area contributed by atoms with Gasteiger partial charge in [-0.25, -0.2) is 30.4 Å². The van der Waals surface area contributed by atoms with Crippen molar-refractivity contribution in [1.82, 2.24) is 0 Å². The molecule has 0 aliphatic carbocycles. The Labute approximate surface area is 228 Å². The van der Waals surface area contributed by atoms with Crippen LogP contribution in [-0.2, 0) is 30.0 Å². The van der Waals surface area contributed by atoms with Crippen molar-refractivity contribution in [2.24, 2.45) is 5.14 Å². The first kappa shape index (κ1) is 33.6. The van der Waals surface area contributed by atoms with Crippen LogP contribution in [0.15, 0.2) is 46.2 Å². The number of sulfone groups is 1. The number of sulfonamides is 1. The summed E-state index contributed by atoms with van der Waals surface area (Å²) in [5.74, 6) is 0.847. The zero-order valence-corrected chi connectivity index (χ0v) is 23.1. The molecular formula is C16H20N5NaO11S3. The van der Waals surface area contributed by atoms with E-state index >= 15 is 0 Å². The SMILES string of the molecule is Nc1ccc([N+](=O)[O-])cc1S(=O)(=O)[O-].Nc1ccc([N+](=O)[O-])cc1S(N)(=O)=O.O=S1(=O)CCCC1.[Na+]. The van der Waals surface area contributed by atoms with Crippen LogP contribution in [0, 0.1) is 20.2 Å². The largest absolute Gasteiger partial charge is 1.00 e. The summed E-state index contributed by atoms with van der Waals surface area (Å²) in [6, 6.07) is 5.71. The molecule has 2 aromatic rings. The van der Waals surface area contributed by atoms with Crippen LogP contribution in [0.4, 0.5) is 22.7 Å². The van der Waals surface area contributed by atoms with Gasteiger partial charge < -0.3 is 16.0 Å². The molecule has 0 atom stereocenters. The van der Waals surface area contributed by atoms with Gasteiger partial charge in [0.05, 0.1) is 31.9 Å². The van der Waals surface area contributed by atoms with Crippen molar-refractivity contribution in [2.75, 3.05) is 23.0 Å². The molecule has 1 heterocycles. The molecule has 0 bridgehead atoms. The molecule has 0 saturated carbocycles. The number of primary sulfonamides is 1. The van der Waals surface area contributed by atoms with Crippen molar-refractivity contribution < 1.29 is 69.2 Å². The van der Waals surface area contributed by atoms with Crippen molar-refractivity contribution >= 4 is 52.7 Å². The van der Waals surface area contributed by atoms with Gasteiger partial charge in [-0.1, -0.05) is 0 Å². The van der Waals surface area contributed by atoms with E-state index in [1.165, 1.54) is 0 Å². The fourth-order valence-corrected chi connectivity index (χ4v) is 5.28. The van der Waals surface area contributed by atoms with E-state index in [0.29, 0.717) is 17.6 Å². The second kappa shape index (κ2) is 13.2. The van der Waals surface area contributed by atoms with Gasteiger partial charge in [-0.2, -0.15) is 0 Å². The van der Waals surface area contributed by atoms with Crippen molar-refractivity contribution in [1.29, 1.82) is 0 Å². The first-order valence-electron chi connectivity index (χ1n) is 9.12. The van der Waals surface area contributed by atoms with Crippen molar-refractivity contribution in [2.45, 2.75) is 22.6 Å². The summed E-state index contributed by atoms with van der Waals surface area (Å²) >= 11 is 0. The van der Waals surface area contributed by atoms with Crippen molar-refractivity contribution in [3.05, 3.63) is 56.6 Å². The molecule has 36 heavy (non-hydrogen) atoms. The number of benzene rings is 2. The van der Waals surface area contributed by atoms with E-state index in [1.54, 1.807) is 0 Å². The molecule has 1 aliphatic heterocycles. The van der Waals surface area contributed by atoms with E-state index in [2.05, 4.69) is 0 Å². The smallest absolute Gasteiger partial charge is 0.744 e. The Morgan fingerprint density at radius 3 is 1.42 bits per heavy atom. The van der Waals surface area contributed by atoms with Gasteiger partial charge in [0.15, 0.2) is 0 Å². The van der Waals surface area contributed by atoms with Gasteiger partial charge in [0, 0.05) is 30.0 Å². The molecule has 16 nitrogen and oxygen atoms in total. The first-order valence-corrected chi connectivity index (χ1v) is 13.9. The second-order valence-corrected chi connectivity index (χ2v) is 12.0. The fraction of sp³-hybridized carbons (Fsp3) is 0.250. The van der Waals surface area contributed by atoms with E-state index in [-0.39, 0.29) is 46.6 Å². The van der Waals surface area contributed by atoms with E-state index < -0.39 is 55.3 Å².